The summed E-state index contributed by atoms with van der Waals surface area (Å²) in [6.45, 7) is -0.624. The van der Waals surface area contributed by atoms with Gasteiger partial charge in [-0.2, -0.15) is 0 Å². The summed E-state index contributed by atoms with van der Waals surface area (Å²) in [6.07, 6.45) is -4.57. The van der Waals surface area contributed by atoms with Gasteiger partial charge in [0, 0.05) is 23.3 Å². The number of hydrogen-bond acceptors (Lipinski definition) is 11. The van der Waals surface area contributed by atoms with E-state index in [1.807, 2.05) is 0 Å². The van der Waals surface area contributed by atoms with Crippen LogP contribution in [0.4, 0.5) is 0 Å². The van der Waals surface area contributed by atoms with Gasteiger partial charge in [-0.25, -0.2) is 0 Å². The third-order valence-corrected chi connectivity index (χ3v) is 5.32. The zero-order chi connectivity index (χ0) is 23.2. The lowest BCUT2D eigenvalue weighted by atomic mass is 9.96. The normalized spacial score (nSPS) is 32.3. The summed E-state index contributed by atoms with van der Waals surface area (Å²) >= 11 is 0. The fourth-order valence-electron chi connectivity index (χ4n) is 3.61. The van der Waals surface area contributed by atoms with Gasteiger partial charge in [-0.3, -0.25) is 0 Å². The summed E-state index contributed by atoms with van der Waals surface area (Å²) in [5.41, 5.74) is 0.450. The van der Waals surface area contributed by atoms with Crippen LogP contribution in [0.25, 0.3) is 5.76 Å². The third kappa shape index (κ3) is 3.87. The monoisotopic (exact) mass is 450 g/mol. The molecule has 1 aromatic carbocycles. The molecule has 0 saturated carbocycles. The third-order valence-electron chi connectivity index (χ3n) is 5.32. The van der Waals surface area contributed by atoms with Crippen LogP contribution in [-0.4, -0.2) is 84.3 Å². The van der Waals surface area contributed by atoms with Gasteiger partial charge in [0.25, 0.3) is 0 Å². The van der Waals surface area contributed by atoms with Crippen LogP contribution in [0.2, 0.25) is 0 Å². The van der Waals surface area contributed by atoms with Gasteiger partial charge in [-0.05, 0) is 24.3 Å². The number of phenols is 2. The van der Waals surface area contributed by atoms with Crippen LogP contribution in [0.1, 0.15) is 5.56 Å². The van der Waals surface area contributed by atoms with Crippen molar-refractivity contribution >= 4 is 5.76 Å². The highest BCUT2D eigenvalue weighted by Crippen LogP contribution is 2.38. The molecule has 4 rings (SSSR count). The first-order valence-electron chi connectivity index (χ1n) is 9.63. The first-order chi connectivity index (χ1) is 15.2. The lowest BCUT2D eigenvalue weighted by Gasteiger charge is -2.40. The van der Waals surface area contributed by atoms with Gasteiger partial charge in [-0.1, -0.05) is 0 Å². The van der Waals surface area contributed by atoms with E-state index >= 15 is 0 Å². The van der Waals surface area contributed by atoms with Crippen LogP contribution in [0, 0.1) is 0 Å². The largest absolute Gasteiger partial charge is 0.507 e. The Bertz CT molecular complexity index is 1020. The van der Waals surface area contributed by atoms with Crippen molar-refractivity contribution in [3.63, 3.8) is 0 Å². The maximum Gasteiger partial charge on any atom is 0.195 e. The van der Waals surface area contributed by atoms with Crippen LogP contribution < -0.4 is 0 Å². The lowest BCUT2D eigenvalue weighted by molar-refractivity contribution is -0.289. The maximum absolute atomic E-state index is 10.4. The molecule has 8 N–H and O–H groups in total. The molecule has 1 saturated heterocycles. The van der Waals surface area contributed by atoms with Crippen LogP contribution in [-0.2, 0) is 14.2 Å². The summed E-state index contributed by atoms with van der Waals surface area (Å²) < 4.78 is 16.3. The molecular weight excluding hydrogens is 428 g/mol. The molecule has 1 aliphatic carbocycles. The zero-order valence-corrected chi connectivity index (χ0v) is 16.4. The van der Waals surface area contributed by atoms with E-state index in [0.717, 1.165) is 0 Å². The molecule has 11 nitrogen and oxygen atoms in total. The summed E-state index contributed by atoms with van der Waals surface area (Å²) in [6, 6.07) is 3.81. The smallest absolute Gasteiger partial charge is 0.195 e. The highest BCUT2D eigenvalue weighted by molar-refractivity contribution is 5.69. The number of phenolic OH excluding ortho intramolecular Hbond substituents is 2. The number of aliphatic hydroxyl groups is 6. The fraction of sp³-hybridized carbons (Fsp3) is 0.333. The van der Waals surface area contributed by atoms with Crippen molar-refractivity contribution in [2.24, 2.45) is 0 Å². The highest BCUT2D eigenvalue weighted by atomic mass is 16.7. The topological polar surface area (TPSA) is 190 Å². The van der Waals surface area contributed by atoms with Gasteiger partial charge < -0.3 is 55.1 Å². The Hall–Kier alpha value is -3.22. The average Bonchev–Trinajstić information content (AvgIpc) is 2.76. The van der Waals surface area contributed by atoms with Crippen LogP contribution in [0.15, 0.2) is 59.3 Å². The Morgan fingerprint density at radius 1 is 0.938 bits per heavy atom. The predicted octanol–water partition coefficient (Wildman–Crippen LogP) is -0.195. The Balaban J connectivity index is 1.58. The molecule has 6 atom stereocenters. The van der Waals surface area contributed by atoms with Gasteiger partial charge in [0.1, 0.15) is 35.9 Å². The number of aromatic hydroxyl groups is 2. The molecule has 0 spiro atoms. The first-order valence-corrected chi connectivity index (χ1v) is 9.63. The Kier molecular flexibility index (Phi) is 5.75. The lowest BCUT2D eigenvalue weighted by Crippen LogP contribution is -2.59. The van der Waals surface area contributed by atoms with Crippen molar-refractivity contribution in [2.45, 2.75) is 36.8 Å². The van der Waals surface area contributed by atoms with Crippen molar-refractivity contribution in [1.29, 1.82) is 0 Å². The number of benzene rings is 1. The molecule has 3 aliphatic rings. The van der Waals surface area contributed by atoms with Crippen LogP contribution in [0.5, 0.6) is 11.5 Å². The summed E-state index contributed by atoms with van der Waals surface area (Å²) in [4.78, 5) is 0. The van der Waals surface area contributed by atoms with Gasteiger partial charge in [0.2, 0.25) is 0 Å². The van der Waals surface area contributed by atoms with Crippen LogP contribution >= 0.6 is 0 Å². The first kappa shape index (κ1) is 22.0. The van der Waals surface area contributed by atoms with E-state index in [9.17, 15) is 35.7 Å². The number of hydrogen-bond donors (Lipinski definition) is 8. The highest BCUT2D eigenvalue weighted by Gasteiger charge is 2.45. The van der Waals surface area contributed by atoms with E-state index in [4.69, 9.17) is 19.3 Å². The van der Waals surface area contributed by atoms with Crippen LogP contribution in [0.3, 0.4) is 0 Å². The van der Waals surface area contributed by atoms with Gasteiger partial charge in [-0.15, -0.1) is 0 Å². The van der Waals surface area contributed by atoms with Crippen molar-refractivity contribution in [3.8, 4) is 11.5 Å². The minimum absolute atomic E-state index is 0.0275. The quantitative estimate of drug-likeness (QED) is 0.284. The SMILES string of the molecule is OCC1OC(O)C(OC2=CC3OC(c4ccc(O)c(O)c4)=C(O)C=C3C(O)=C2)C(O)C1O. The Labute approximate surface area is 181 Å². The molecule has 0 aromatic heterocycles. The molecule has 6 unspecified atom stereocenters. The summed E-state index contributed by atoms with van der Waals surface area (Å²) in [7, 11) is 0. The number of ether oxygens (including phenoxy) is 3. The molecule has 1 aromatic rings. The molecule has 172 valence electrons. The number of fused-ring (bicyclic) bond motifs is 1. The predicted molar refractivity (Wildman–Crippen MR) is 106 cm³/mol. The molecule has 0 radical (unpaired) electrons. The Morgan fingerprint density at radius 2 is 1.69 bits per heavy atom. The standard InChI is InChI=1S/C21H22O11/c22-7-16-17(27)18(28)20(21(29)32-16)30-9-4-12(24)10-6-14(26)19(31-15(10)5-9)8-1-2-11(23)13(25)3-8/h1-6,15-18,20-29H,7H2. The van der Waals surface area contributed by atoms with Crippen molar-refractivity contribution in [3.05, 3.63) is 64.8 Å². The number of allylic oxidation sites excluding steroid dienone is 2. The number of aliphatic hydroxyl groups excluding tert-OH is 6. The van der Waals surface area contributed by atoms with Crippen molar-refractivity contribution < 1.29 is 55.1 Å². The molecule has 2 heterocycles. The number of rotatable bonds is 4. The molecule has 0 bridgehead atoms. The van der Waals surface area contributed by atoms with Gasteiger partial charge in [0.05, 0.1) is 6.61 Å². The molecule has 32 heavy (non-hydrogen) atoms. The van der Waals surface area contributed by atoms with E-state index in [2.05, 4.69) is 0 Å². The van der Waals surface area contributed by atoms with Gasteiger partial charge >= 0.3 is 0 Å². The molecule has 11 heteroatoms. The summed E-state index contributed by atoms with van der Waals surface area (Å²) in [5.74, 6) is -1.49. The molecule has 2 aliphatic heterocycles. The van der Waals surface area contributed by atoms with E-state index in [1.54, 1.807) is 0 Å². The second-order valence-electron chi connectivity index (χ2n) is 7.47. The fourth-order valence-corrected chi connectivity index (χ4v) is 3.61. The minimum Gasteiger partial charge on any atom is -0.507 e. The molecule has 1 fully saturated rings. The minimum atomic E-state index is -1.68. The summed E-state index contributed by atoms with van der Waals surface area (Å²) in [5, 5.41) is 79.4. The van der Waals surface area contributed by atoms with E-state index in [0.29, 0.717) is 0 Å². The van der Waals surface area contributed by atoms with E-state index in [1.165, 1.54) is 36.4 Å². The zero-order valence-electron chi connectivity index (χ0n) is 16.4. The second kappa shape index (κ2) is 8.37. The van der Waals surface area contributed by atoms with Gasteiger partial charge in [0.15, 0.2) is 35.4 Å². The Morgan fingerprint density at radius 3 is 2.38 bits per heavy atom. The van der Waals surface area contributed by atoms with E-state index < -0.39 is 49.2 Å². The average molecular weight is 450 g/mol. The van der Waals surface area contributed by atoms with E-state index in [-0.39, 0.29) is 39.9 Å². The van der Waals surface area contributed by atoms with Crippen molar-refractivity contribution in [1.82, 2.24) is 0 Å². The molecule has 0 amide bonds. The van der Waals surface area contributed by atoms with Crippen molar-refractivity contribution in [2.75, 3.05) is 6.61 Å². The molecular formula is C21H22O11. The maximum atomic E-state index is 10.4. The second-order valence-corrected chi connectivity index (χ2v) is 7.47.